The van der Waals surface area contributed by atoms with Crippen LogP contribution >= 0.6 is 11.6 Å². The van der Waals surface area contributed by atoms with E-state index in [2.05, 4.69) is 5.32 Å². The Hall–Kier alpha value is -4.04. The lowest BCUT2D eigenvalue weighted by Gasteiger charge is -2.17. The van der Waals surface area contributed by atoms with E-state index in [1.165, 1.54) is 31.2 Å². The van der Waals surface area contributed by atoms with E-state index in [0.29, 0.717) is 5.69 Å². The van der Waals surface area contributed by atoms with E-state index in [4.69, 9.17) is 16.3 Å². The number of benzene rings is 3. The van der Waals surface area contributed by atoms with Gasteiger partial charge in [-0.3, -0.25) is 14.4 Å². The maximum absolute atomic E-state index is 13.2. The van der Waals surface area contributed by atoms with Crippen LogP contribution < -0.4 is 10.2 Å². The lowest BCUT2D eigenvalue weighted by atomic mass is 10.1. The Morgan fingerprint density at radius 1 is 0.971 bits per heavy atom. The number of carbonyl (C=O) groups is 4. The summed E-state index contributed by atoms with van der Waals surface area (Å²) < 4.78 is 18.4. The molecule has 0 fully saturated rings. The van der Waals surface area contributed by atoms with Crippen molar-refractivity contribution in [2.45, 2.75) is 26.9 Å². The van der Waals surface area contributed by atoms with Crippen molar-refractivity contribution in [2.75, 3.05) is 10.2 Å². The molecule has 4 rings (SSSR count). The molecule has 0 radical (unpaired) electrons. The van der Waals surface area contributed by atoms with Crippen LogP contribution in [-0.4, -0.2) is 29.8 Å². The predicted molar refractivity (Wildman–Crippen MR) is 128 cm³/mol. The lowest BCUT2D eigenvalue weighted by molar-refractivity contribution is -0.123. The molecule has 3 amide bonds. The minimum atomic E-state index is -1.22. The average Bonchev–Trinajstić information content (AvgIpc) is 3.06. The zero-order valence-corrected chi connectivity index (χ0v) is 19.8. The van der Waals surface area contributed by atoms with Gasteiger partial charge in [0.15, 0.2) is 6.10 Å². The first-order valence-corrected chi connectivity index (χ1v) is 11.0. The Bertz CT molecular complexity index is 1400. The van der Waals surface area contributed by atoms with Gasteiger partial charge in [-0.25, -0.2) is 14.1 Å². The van der Waals surface area contributed by atoms with Crippen molar-refractivity contribution in [3.8, 4) is 0 Å². The van der Waals surface area contributed by atoms with Gasteiger partial charge in [-0.2, -0.15) is 0 Å². The fraction of sp³-hybridized carbons (Fsp3) is 0.154. The molecule has 1 N–H and O–H groups in total. The summed E-state index contributed by atoms with van der Waals surface area (Å²) in [6.45, 7) is 5.01. The fourth-order valence-corrected chi connectivity index (χ4v) is 3.87. The summed E-state index contributed by atoms with van der Waals surface area (Å²) in [6, 6.07) is 12.9. The Labute approximate surface area is 205 Å². The van der Waals surface area contributed by atoms with Gasteiger partial charge in [-0.1, -0.05) is 23.7 Å². The number of imide groups is 1. The molecule has 0 bridgehead atoms. The first-order valence-electron chi connectivity index (χ1n) is 10.6. The lowest BCUT2D eigenvalue weighted by Crippen LogP contribution is -2.30. The zero-order valence-electron chi connectivity index (χ0n) is 19.0. The number of nitrogens with zero attached hydrogens (tertiary/aromatic N) is 1. The number of aryl methyl sites for hydroxylation is 2. The topological polar surface area (TPSA) is 92.8 Å². The van der Waals surface area contributed by atoms with E-state index in [0.717, 1.165) is 28.2 Å². The molecular weight excluding hydrogens is 475 g/mol. The number of anilines is 2. The number of hydrogen-bond acceptors (Lipinski definition) is 5. The van der Waals surface area contributed by atoms with Gasteiger partial charge in [0.25, 0.3) is 17.7 Å². The largest absolute Gasteiger partial charge is 0.449 e. The molecule has 178 valence electrons. The molecule has 1 unspecified atom stereocenters. The molecule has 0 spiro atoms. The predicted octanol–water partition coefficient (Wildman–Crippen LogP) is 5.08. The van der Waals surface area contributed by atoms with Gasteiger partial charge in [-0.05, 0) is 74.4 Å². The molecular formula is C26H20ClFN2O5. The standard InChI is InChI=1S/C26H20ClFN2O5/c1-13-4-5-14(2)22(10-13)30-24(32)18-8-6-16(11-19(18)25(30)33)26(34)35-15(3)23(31)29-21-9-7-17(28)12-20(21)27/h4-12,15H,1-3H3,(H,29,31). The maximum atomic E-state index is 13.2. The highest BCUT2D eigenvalue weighted by Gasteiger charge is 2.38. The number of ether oxygens (including phenoxy) is 1. The number of rotatable bonds is 5. The van der Waals surface area contributed by atoms with Crippen molar-refractivity contribution in [2.24, 2.45) is 0 Å². The molecule has 0 aliphatic carbocycles. The summed E-state index contributed by atoms with van der Waals surface area (Å²) in [6.07, 6.45) is -1.22. The monoisotopic (exact) mass is 494 g/mol. The summed E-state index contributed by atoms with van der Waals surface area (Å²) in [5.41, 5.74) is 2.53. The molecule has 3 aromatic carbocycles. The summed E-state index contributed by atoms with van der Waals surface area (Å²) in [5.74, 6) is -3.13. The van der Waals surface area contributed by atoms with Crippen LogP contribution in [0.25, 0.3) is 0 Å². The van der Waals surface area contributed by atoms with E-state index in [1.54, 1.807) is 13.0 Å². The first-order chi connectivity index (χ1) is 16.6. The van der Waals surface area contributed by atoms with Crippen molar-refractivity contribution >= 4 is 46.7 Å². The molecule has 1 atom stereocenters. The number of carbonyl (C=O) groups excluding carboxylic acids is 4. The molecule has 0 saturated heterocycles. The Kier molecular flexibility index (Phi) is 6.41. The molecule has 3 aromatic rings. The van der Waals surface area contributed by atoms with Gasteiger partial charge in [0.1, 0.15) is 5.82 Å². The number of amides is 3. The number of esters is 1. The molecule has 1 heterocycles. The van der Waals surface area contributed by atoms with Crippen LogP contribution in [0.1, 0.15) is 49.1 Å². The minimum absolute atomic E-state index is 0.00665. The molecule has 9 heteroatoms. The van der Waals surface area contributed by atoms with Crippen LogP contribution in [0.15, 0.2) is 54.6 Å². The Morgan fingerprint density at radius 3 is 2.40 bits per heavy atom. The van der Waals surface area contributed by atoms with E-state index in [9.17, 15) is 23.6 Å². The molecule has 35 heavy (non-hydrogen) atoms. The summed E-state index contributed by atoms with van der Waals surface area (Å²) in [4.78, 5) is 52.2. The molecule has 0 saturated carbocycles. The van der Waals surface area contributed by atoms with Gasteiger partial charge in [0, 0.05) is 0 Å². The summed E-state index contributed by atoms with van der Waals surface area (Å²) in [5, 5.41) is 2.45. The van der Waals surface area contributed by atoms with Crippen LogP contribution in [0, 0.1) is 19.7 Å². The third-order valence-corrected chi connectivity index (χ3v) is 5.88. The fourth-order valence-electron chi connectivity index (χ4n) is 3.65. The normalized spacial score (nSPS) is 13.5. The van der Waals surface area contributed by atoms with Crippen molar-refractivity contribution in [1.29, 1.82) is 0 Å². The molecule has 1 aliphatic rings. The molecule has 1 aliphatic heterocycles. The average molecular weight is 495 g/mol. The van der Waals surface area contributed by atoms with Crippen LogP contribution in [-0.2, 0) is 9.53 Å². The third-order valence-electron chi connectivity index (χ3n) is 5.57. The van der Waals surface area contributed by atoms with E-state index >= 15 is 0 Å². The van der Waals surface area contributed by atoms with Crippen LogP contribution in [0.2, 0.25) is 5.02 Å². The second-order valence-electron chi connectivity index (χ2n) is 8.16. The number of hydrogen-bond donors (Lipinski definition) is 1. The van der Waals surface area contributed by atoms with Crippen LogP contribution in [0.3, 0.4) is 0 Å². The SMILES string of the molecule is Cc1ccc(C)c(N2C(=O)c3ccc(C(=O)OC(C)C(=O)Nc4ccc(F)cc4Cl)cc3C2=O)c1. The second-order valence-corrected chi connectivity index (χ2v) is 8.56. The number of halogens is 2. The van der Waals surface area contributed by atoms with Crippen LogP contribution in [0.5, 0.6) is 0 Å². The zero-order chi connectivity index (χ0) is 25.4. The van der Waals surface area contributed by atoms with E-state index in [-0.39, 0.29) is 27.4 Å². The van der Waals surface area contributed by atoms with Gasteiger partial charge >= 0.3 is 5.97 Å². The highest BCUT2D eigenvalue weighted by atomic mass is 35.5. The molecule has 0 aromatic heterocycles. The van der Waals surface area contributed by atoms with Crippen molar-refractivity contribution in [3.05, 3.63) is 93.3 Å². The van der Waals surface area contributed by atoms with Crippen LogP contribution in [0.4, 0.5) is 15.8 Å². The minimum Gasteiger partial charge on any atom is -0.449 e. The van der Waals surface area contributed by atoms with Gasteiger partial charge in [-0.15, -0.1) is 0 Å². The van der Waals surface area contributed by atoms with E-state index in [1.807, 2.05) is 19.1 Å². The number of nitrogens with one attached hydrogen (secondary N) is 1. The Balaban J connectivity index is 1.51. The van der Waals surface area contributed by atoms with Gasteiger partial charge in [0.2, 0.25) is 0 Å². The van der Waals surface area contributed by atoms with Gasteiger partial charge in [0.05, 0.1) is 33.1 Å². The van der Waals surface area contributed by atoms with Gasteiger partial charge < -0.3 is 10.1 Å². The van der Waals surface area contributed by atoms with E-state index < -0.39 is 35.6 Å². The highest BCUT2D eigenvalue weighted by Crippen LogP contribution is 2.32. The smallest absolute Gasteiger partial charge is 0.338 e. The third kappa shape index (κ3) is 4.65. The maximum Gasteiger partial charge on any atom is 0.338 e. The summed E-state index contributed by atoms with van der Waals surface area (Å²) >= 11 is 5.91. The Morgan fingerprint density at radius 2 is 1.69 bits per heavy atom. The quantitative estimate of drug-likeness (QED) is 0.394. The van der Waals surface area contributed by atoms with Crippen molar-refractivity contribution in [3.63, 3.8) is 0 Å². The number of fused-ring (bicyclic) bond motifs is 1. The van der Waals surface area contributed by atoms with Crippen molar-refractivity contribution in [1.82, 2.24) is 0 Å². The second kappa shape index (κ2) is 9.31. The highest BCUT2D eigenvalue weighted by molar-refractivity contribution is 6.35. The molecule has 7 nitrogen and oxygen atoms in total. The van der Waals surface area contributed by atoms with Crippen molar-refractivity contribution < 1.29 is 28.3 Å². The summed E-state index contributed by atoms with van der Waals surface area (Å²) in [7, 11) is 0. The first kappa shape index (κ1) is 24.1.